The molecule has 1 aromatic carbocycles. The average Bonchev–Trinajstić information content (AvgIpc) is 2.71. The van der Waals surface area contributed by atoms with Gasteiger partial charge < -0.3 is 10.1 Å². The summed E-state index contributed by atoms with van der Waals surface area (Å²) >= 11 is 1.97. The lowest BCUT2D eigenvalue weighted by molar-refractivity contribution is 0.229. The Balaban J connectivity index is 1.67. The molecule has 0 spiro atoms. The SMILES string of the molecule is CCSCCNCC1Cc2ccccc2O1. The molecule has 0 aliphatic carbocycles. The Morgan fingerprint density at radius 3 is 3.12 bits per heavy atom. The zero-order chi connectivity index (χ0) is 11.2. The van der Waals surface area contributed by atoms with E-state index >= 15 is 0 Å². The fourth-order valence-corrected chi connectivity index (χ4v) is 2.50. The summed E-state index contributed by atoms with van der Waals surface area (Å²) < 4.78 is 5.84. The Morgan fingerprint density at radius 2 is 2.31 bits per heavy atom. The molecule has 1 aliphatic rings. The van der Waals surface area contributed by atoms with Crippen LogP contribution in [0.4, 0.5) is 0 Å². The molecule has 2 rings (SSSR count). The van der Waals surface area contributed by atoms with E-state index in [0.29, 0.717) is 6.10 Å². The molecule has 0 fully saturated rings. The molecule has 0 bridgehead atoms. The van der Waals surface area contributed by atoms with Crippen LogP contribution in [0.2, 0.25) is 0 Å². The number of ether oxygens (including phenoxy) is 1. The average molecular weight is 237 g/mol. The van der Waals surface area contributed by atoms with Crippen LogP contribution in [-0.2, 0) is 6.42 Å². The van der Waals surface area contributed by atoms with Gasteiger partial charge in [-0.2, -0.15) is 11.8 Å². The van der Waals surface area contributed by atoms with Crippen molar-refractivity contribution in [3.8, 4) is 5.75 Å². The number of hydrogen-bond donors (Lipinski definition) is 1. The van der Waals surface area contributed by atoms with Gasteiger partial charge in [0.2, 0.25) is 0 Å². The van der Waals surface area contributed by atoms with E-state index in [0.717, 1.165) is 25.3 Å². The molecule has 1 atom stereocenters. The second-order valence-electron chi connectivity index (χ2n) is 3.95. The van der Waals surface area contributed by atoms with Gasteiger partial charge in [-0.05, 0) is 17.4 Å². The minimum atomic E-state index is 0.323. The van der Waals surface area contributed by atoms with Crippen molar-refractivity contribution in [2.75, 3.05) is 24.6 Å². The van der Waals surface area contributed by atoms with Crippen LogP contribution in [-0.4, -0.2) is 30.7 Å². The van der Waals surface area contributed by atoms with Gasteiger partial charge in [-0.25, -0.2) is 0 Å². The summed E-state index contributed by atoms with van der Waals surface area (Å²) in [6.07, 6.45) is 1.37. The first-order valence-electron chi connectivity index (χ1n) is 5.93. The van der Waals surface area contributed by atoms with Gasteiger partial charge in [0.1, 0.15) is 11.9 Å². The van der Waals surface area contributed by atoms with Crippen LogP contribution in [0.1, 0.15) is 12.5 Å². The van der Waals surface area contributed by atoms with Crippen molar-refractivity contribution < 1.29 is 4.74 Å². The molecule has 88 valence electrons. The maximum atomic E-state index is 5.84. The third-order valence-electron chi connectivity index (χ3n) is 2.71. The van der Waals surface area contributed by atoms with Crippen molar-refractivity contribution in [1.29, 1.82) is 0 Å². The fraction of sp³-hybridized carbons (Fsp3) is 0.538. The summed E-state index contributed by atoms with van der Waals surface area (Å²) in [4.78, 5) is 0. The van der Waals surface area contributed by atoms with E-state index in [2.05, 4.69) is 30.4 Å². The van der Waals surface area contributed by atoms with Gasteiger partial charge in [-0.3, -0.25) is 0 Å². The highest BCUT2D eigenvalue weighted by molar-refractivity contribution is 7.99. The predicted molar refractivity (Wildman–Crippen MR) is 70.4 cm³/mol. The second-order valence-corrected chi connectivity index (χ2v) is 5.35. The van der Waals surface area contributed by atoms with Crippen molar-refractivity contribution >= 4 is 11.8 Å². The molecular weight excluding hydrogens is 218 g/mol. The Bertz CT molecular complexity index is 304. The summed E-state index contributed by atoms with van der Waals surface area (Å²) in [5.74, 6) is 3.46. The maximum absolute atomic E-state index is 5.84. The summed E-state index contributed by atoms with van der Waals surface area (Å²) in [6.45, 7) is 4.23. The Labute approximate surface area is 102 Å². The molecule has 1 aliphatic heterocycles. The predicted octanol–water partition coefficient (Wildman–Crippen LogP) is 2.33. The fourth-order valence-electron chi connectivity index (χ4n) is 1.92. The van der Waals surface area contributed by atoms with Gasteiger partial charge in [-0.15, -0.1) is 0 Å². The highest BCUT2D eigenvalue weighted by Gasteiger charge is 2.21. The highest BCUT2D eigenvalue weighted by atomic mass is 32.2. The van der Waals surface area contributed by atoms with Gasteiger partial charge in [-0.1, -0.05) is 25.1 Å². The molecule has 0 amide bonds. The lowest BCUT2D eigenvalue weighted by Crippen LogP contribution is -2.31. The number of benzene rings is 1. The molecule has 1 N–H and O–H groups in total. The number of fused-ring (bicyclic) bond motifs is 1. The van der Waals surface area contributed by atoms with E-state index in [4.69, 9.17) is 4.74 Å². The number of rotatable bonds is 6. The van der Waals surface area contributed by atoms with Crippen LogP contribution in [0, 0.1) is 0 Å². The third kappa shape index (κ3) is 3.16. The standard InChI is InChI=1S/C13H19NOS/c1-2-16-8-7-14-10-12-9-11-5-3-4-6-13(11)15-12/h3-6,12,14H,2,7-10H2,1H3. The first-order chi connectivity index (χ1) is 7.90. The molecule has 0 saturated carbocycles. The molecule has 16 heavy (non-hydrogen) atoms. The first kappa shape index (κ1) is 11.8. The van der Waals surface area contributed by atoms with Crippen LogP contribution >= 0.6 is 11.8 Å². The largest absolute Gasteiger partial charge is 0.488 e. The van der Waals surface area contributed by atoms with Crippen LogP contribution in [0.15, 0.2) is 24.3 Å². The van der Waals surface area contributed by atoms with E-state index in [9.17, 15) is 0 Å². The van der Waals surface area contributed by atoms with E-state index in [1.807, 2.05) is 17.8 Å². The molecular formula is C13H19NOS. The summed E-state index contributed by atoms with van der Waals surface area (Å²) in [5.41, 5.74) is 1.34. The summed E-state index contributed by atoms with van der Waals surface area (Å²) in [6, 6.07) is 8.33. The molecule has 0 aromatic heterocycles. The van der Waals surface area contributed by atoms with Crippen molar-refractivity contribution in [3.05, 3.63) is 29.8 Å². The van der Waals surface area contributed by atoms with Gasteiger partial charge in [0.15, 0.2) is 0 Å². The van der Waals surface area contributed by atoms with Crippen LogP contribution in [0.25, 0.3) is 0 Å². The monoisotopic (exact) mass is 237 g/mol. The summed E-state index contributed by atoms with van der Waals surface area (Å²) in [5, 5.41) is 3.45. The number of para-hydroxylation sites is 1. The molecule has 2 nitrogen and oxygen atoms in total. The minimum absolute atomic E-state index is 0.323. The van der Waals surface area contributed by atoms with Gasteiger partial charge >= 0.3 is 0 Å². The second kappa shape index (κ2) is 6.16. The molecule has 1 unspecified atom stereocenters. The molecule has 0 radical (unpaired) electrons. The zero-order valence-electron chi connectivity index (χ0n) is 9.74. The summed E-state index contributed by atoms with van der Waals surface area (Å²) in [7, 11) is 0. The smallest absolute Gasteiger partial charge is 0.123 e. The van der Waals surface area contributed by atoms with E-state index < -0.39 is 0 Å². The Hall–Kier alpha value is -0.670. The Morgan fingerprint density at radius 1 is 1.44 bits per heavy atom. The lowest BCUT2D eigenvalue weighted by atomic mass is 10.1. The molecule has 3 heteroatoms. The number of thioether (sulfide) groups is 1. The quantitative estimate of drug-likeness (QED) is 0.767. The highest BCUT2D eigenvalue weighted by Crippen LogP contribution is 2.27. The van der Waals surface area contributed by atoms with Gasteiger partial charge in [0, 0.05) is 25.3 Å². The van der Waals surface area contributed by atoms with Gasteiger partial charge in [0.05, 0.1) is 0 Å². The van der Waals surface area contributed by atoms with Crippen molar-refractivity contribution in [2.24, 2.45) is 0 Å². The van der Waals surface area contributed by atoms with Crippen LogP contribution < -0.4 is 10.1 Å². The first-order valence-corrected chi connectivity index (χ1v) is 7.08. The minimum Gasteiger partial charge on any atom is -0.488 e. The van der Waals surface area contributed by atoms with Crippen molar-refractivity contribution in [1.82, 2.24) is 5.32 Å². The normalized spacial score (nSPS) is 18.2. The van der Waals surface area contributed by atoms with E-state index in [-0.39, 0.29) is 0 Å². The molecule has 0 saturated heterocycles. The van der Waals surface area contributed by atoms with Crippen LogP contribution in [0.3, 0.4) is 0 Å². The Kier molecular flexibility index (Phi) is 4.55. The maximum Gasteiger partial charge on any atom is 0.123 e. The molecule has 1 heterocycles. The van der Waals surface area contributed by atoms with Crippen molar-refractivity contribution in [2.45, 2.75) is 19.4 Å². The van der Waals surface area contributed by atoms with Gasteiger partial charge in [0.25, 0.3) is 0 Å². The third-order valence-corrected chi connectivity index (χ3v) is 3.61. The molecule has 1 aromatic rings. The van der Waals surface area contributed by atoms with E-state index in [1.54, 1.807) is 0 Å². The topological polar surface area (TPSA) is 21.3 Å². The lowest BCUT2D eigenvalue weighted by Gasteiger charge is -2.11. The zero-order valence-corrected chi connectivity index (χ0v) is 10.6. The van der Waals surface area contributed by atoms with Crippen molar-refractivity contribution in [3.63, 3.8) is 0 Å². The van der Waals surface area contributed by atoms with Crippen LogP contribution in [0.5, 0.6) is 5.75 Å². The number of hydrogen-bond acceptors (Lipinski definition) is 3. The van der Waals surface area contributed by atoms with E-state index in [1.165, 1.54) is 17.1 Å². The number of nitrogens with one attached hydrogen (secondary N) is 1.